The summed E-state index contributed by atoms with van der Waals surface area (Å²) in [6.45, 7) is 3.74. The van der Waals surface area contributed by atoms with Crippen LogP contribution >= 0.6 is 11.6 Å². The molecule has 1 aliphatic heterocycles. The van der Waals surface area contributed by atoms with Gasteiger partial charge >= 0.3 is 0 Å². The van der Waals surface area contributed by atoms with Crippen LogP contribution < -0.4 is 9.80 Å². The predicted octanol–water partition coefficient (Wildman–Crippen LogP) is 3.80. The maximum Gasteiger partial charge on any atom is 0.168 e. The fourth-order valence-corrected chi connectivity index (χ4v) is 3.80. The average Bonchev–Trinajstić information content (AvgIpc) is 3.19. The first-order valence-electron chi connectivity index (χ1n) is 9.29. The van der Waals surface area contributed by atoms with E-state index < -0.39 is 0 Å². The first-order chi connectivity index (χ1) is 13.8. The molecule has 0 atom stereocenters. The first kappa shape index (κ1) is 17.0. The molecule has 1 saturated heterocycles. The Labute approximate surface area is 168 Å². The zero-order chi connectivity index (χ0) is 18.9. The third-order valence-electron chi connectivity index (χ3n) is 5.12. The summed E-state index contributed by atoms with van der Waals surface area (Å²) in [7, 11) is 0. The second-order valence-corrected chi connectivity index (χ2v) is 7.21. The number of para-hydroxylation sites is 1. The predicted molar refractivity (Wildman–Crippen MR) is 113 cm³/mol. The number of fused-ring (bicyclic) bond motifs is 1. The molecule has 0 unspecified atom stereocenters. The Balaban J connectivity index is 1.42. The van der Waals surface area contributed by atoms with Gasteiger partial charge in [0.1, 0.15) is 12.1 Å². The fourth-order valence-electron chi connectivity index (χ4n) is 3.67. The maximum absolute atomic E-state index is 6.01. The highest BCUT2D eigenvalue weighted by Crippen LogP contribution is 2.26. The van der Waals surface area contributed by atoms with Gasteiger partial charge in [-0.25, -0.2) is 14.6 Å². The first-order valence-corrected chi connectivity index (χ1v) is 9.67. The highest BCUT2D eigenvalue weighted by Gasteiger charge is 2.21. The quantitative estimate of drug-likeness (QED) is 0.532. The van der Waals surface area contributed by atoms with Crippen LogP contribution in [0.5, 0.6) is 0 Å². The molecule has 7 heteroatoms. The lowest BCUT2D eigenvalue weighted by atomic mass is 10.2. The largest absolute Gasteiger partial charge is 0.368 e. The van der Waals surface area contributed by atoms with E-state index in [9.17, 15) is 0 Å². The van der Waals surface area contributed by atoms with Gasteiger partial charge < -0.3 is 9.80 Å². The molecule has 2 aromatic carbocycles. The number of hydrogen-bond acceptors (Lipinski definition) is 5. The summed E-state index contributed by atoms with van der Waals surface area (Å²) in [5.41, 5.74) is 3.00. The molecule has 0 spiro atoms. The maximum atomic E-state index is 6.01. The molecular weight excluding hydrogens is 372 g/mol. The van der Waals surface area contributed by atoms with Gasteiger partial charge in [-0.1, -0.05) is 29.8 Å². The lowest BCUT2D eigenvalue weighted by molar-refractivity contribution is 0.649. The summed E-state index contributed by atoms with van der Waals surface area (Å²) in [6, 6.07) is 18.1. The Kier molecular flexibility index (Phi) is 4.33. The molecule has 1 fully saturated rings. The summed E-state index contributed by atoms with van der Waals surface area (Å²) >= 11 is 6.01. The van der Waals surface area contributed by atoms with Gasteiger partial charge in [0.2, 0.25) is 0 Å². The zero-order valence-electron chi connectivity index (χ0n) is 15.2. The molecule has 0 N–H and O–H groups in total. The van der Waals surface area contributed by atoms with Crippen molar-refractivity contribution in [3.63, 3.8) is 0 Å². The minimum absolute atomic E-state index is 0.701. The molecule has 0 radical (unpaired) electrons. The number of aromatic nitrogens is 4. The van der Waals surface area contributed by atoms with Gasteiger partial charge in [-0.15, -0.1) is 0 Å². The van der Waals surface area contributed by atoms with Gasteiger partial charge in [0, 0.05) is 36.9 Å². The van der Waals surface area contributed by atoms with E-state index in [1.54, 1.807) is 6.33 Å². The van der Waals surface area contributed by atoms with Gasteiger partial charge in [-0.2, -0.15) is 5.10 Å². The molecule has 3 heterocycles. The van der Waals surface area contributed by atoms with E-state index in [0.717, 1.165) is 48.7 Å². The van der Waals surface area contributed by atoms with Crippen molar-refractivity contribution in [2.75, 3.05) is 36.0 Å². The molecule has 28 heavy (non-hydrogen) atoms. The molecule has 0 aliphatic carbocycles. The lowest BCUT2D eigenvalue weighted by Gasteiger charge is -2.36. The number of anilines is 2. The van der Waals surface area contributed by atoms with Crippen LogP contribution in [0.15, 0.2) is 67.1 Å². The summed E-state index contributed by atoms with van der Waals surface area (Å²) in [6.07, 6.45) is 3.47. The number of benzene rings is 2. The normalized spacial score (nSPS) is 14.6. The van der Waals surface area contributed by atoms with Crippen molar-refractivity contribution in [3.8, 4) is 5.69 Å². The molecule has 6 nitrogen and oxygen atoms in total. The van der Waals surface area contributed by atoms with Crippen molar-refractivity contribution < 1.29 is 0 Å². The van der Waals surface area contributed by atoms with Crippen LogP contribution in [0.1, 0.15) is 0 Å². The van der Waals surface area contributed by atoms with E-state index in [2.05, 4.69) is 55.2 Å². The van der Waals surface area contributed by atoms with Crippen molar-refractivity contribution in [1.29, 1.82) is 0 Å². The Bertz CT molecular complexity index is 1090. The molecule has 5 rings (SSSR count). The molecule has 0 amide bonds. The van der Waals surface area contributed by atoms with E-state index in [0.29, 0.717) is 5.02 Å². The summed E-state index contributed by atoms with van der Waals surface area (Å²) in [4.78, 5) is 13.8. The topological polar surface area (TPSA) is 50.1 Å². The van der Waals surface area contributed by atoms with E-state index in [-0.39, 0.29) is 0 Å². The average molecular weight is 391 g/mol. The monoisotopic (exact) mass is 390 g/mol. The smallest absolute Gasteiger partial charge is 0.168 e. The Hall–Kier alpha value is -3.12. The minimum atomic E-state index is 0.701. The van der Waals surface area contributed by atoms with E-state index in [4.69, 9.17) is 11.6 Å². The molecule has 0 saturated carbocycles. The fraction of sp³-hybridized carbons (Fsp3) is 0.190. The third kappa shape index (κ3) is 3.05. The Morgan fingerprint density at radius 1 is 0.750 bits per heavy atom. The second-order valence-electron chi connectivity index (χ2n) is 6.78. The number of halogens is 1. The molecule has 4 aromatic rings. The van der Waals surface area contributed by atoms with Gasteiger partial charge in [-0.3, -0.25) is 0 Å². The van der Waals surface area contributed by atoms with Crippen LogP contribution in [-0.4, -0.2) is 45.9 Å². The van der Waals surface area contributed by atoms with Crippen molar-refractivity contribution in [2.24, 2.45) is 0 Å². The van der Waals surface area contributed by atoms with Crippen molar-refractivity contribution in [3.05, 3.63) is 72.1 Å². The molecule has 0 bridgehead atoms. The highest BCUT2D eigenvalue weighted by atomic mass is 35.5. The highest BCUT2D eigenvalue weighted by molar-refractivity contribution is 6.30. The van der Waals surface area contributed by atoms with Crippen molar-refractivity contribution in [2.45, 2.75) is 0 Å². The number of hydrogen-bond donors (Lipinski definition) is 0. The van der Waals surface area contributed by atoms with E-state index >= 15 is 0 Å². The zero-order valence-corrected chi connectivity index (χ0v) is 16.0. The van der Waals surface area contributed by atoms with Crippen molar-refractivity contribution in [1.82, 2.24) is 19.7 Å². The van der Waals surface area contributed by atoms with Crippen LogP contribution in [0.25, 0.3) is 16.7 Å². The Morgan fingerprint density at radius 2 is 1.46 bits per heavy atom. The van der Waals surface area contributed by atoms with Gasteiger partial charge in [-0.05, 0) is 36.4 Å². The number of piperazine rings is 1. The number of rotatable bonds is 3. The third-order valence-corrected chi connectivity index (χ3v) is 5.37. The van der Waals surface area contributed by atoms with Gasteiger partial charge in [0.15, 0.2) is 5.65 Å². The minimum Gasteiger partial charge on any atom is -0.368 e. The van der Waals surface area contributed by atoms with Crippen LogP contribution in [0.4, 0.5) is 11.5 Å². The Morgan fingerprint density at radius 3 is 2.21 bits per heavy atom. The number of nitrogens with zero attached hydrogens (tertiary/aromatic N) is 6. The summed E-state index contributed by atoms with van der Waals surface area (Å²) < 4.78 is 1.83. The van der Waals surface area contributed by atoms with Crippen LogP contribution in [0.3, 0.4) is 0 Å². The summed E-state index contributed by atoms with van der Waals surface area (Å²) in [5.74, 6) is 0.943. The SMILES string of the molecule is Clc1ccc(-n2ncc3c(N4CCN(c5ccccc5)CC4)ncnc32)cc1. The van der Waals surface area contributed by atoms with E-state index in [1.165, 1.54) is 5.69 Å². The lowest BCUT2D eigenvalue weighted by Crippen LogP contribution is -2.46. The second kappa shape index (κ2) is 7.13. The van der Waals surface area contributed by atoms with Crippen LogP contribution in [0, 0.1) is 0 Å². The molecular formula is C21H19ClN6. The van der Waals surface area contributed by atoms with Crippen LogP contribution in [-0.2, 0) is 0 Å². The van der Waals surface area contributed by atoms with Gasteiger partial charge in [0.25, 0.3) is 0 Å². The molecule has 2 aromatic heterocycles. The molecule has 1 aliphatic rings. The molecule has 140 valence electrons. The summed E-state index contributed by atoms with van der Waals surface area (Å²) in [5, 5.41) is 6.21. The van der Waals surface area contributed by atoms with E-state index in [1.807, 2.05) is 35.1 Å². The van der Waals surface area contributed by atoms with Crippen molar-refractivity contribution >= 4 is 34.1 Å². The van der Waals surface area contributed by atoms with Gasteiger partial charge in [0.05, 0.1) is 17.3 Å². The van der Waals surface area contributed by atoms with Crippen LogP contribution in [0.2, 0.25) is 5.02 Å². The standard InChI is InChI=1S/C21H19ClN6/c22-16-6-8-18(9-7-16)28-21-19(14-25-28)20(23-15-24-21)27-12-10-26(11-13-27)17-4-2-1-3-5-17/h1-9,14-15H,10-13H2.